The van der Waals surface area contributed by atoms with Gasteiger partial charge in [-0.3, -0.25) is 0 Å². The van der Waals surface area contributed by atoms with Gasteiger partial charge in [0, 0.05) is 36.3 Å². The van der Waals surface area contributed by atoms with Crippen molar-refractivity contribution in [2.75, 3.05) is 11.9 Å². The van der Waals surface area contributed by atoms with Gasteiger partial charge in [0.1, 0.15) is 0 Å². The summed E-state index contributed by atoms with van der Waals surface area (Å²) in [5, 5.41) is 5.54. The van der Waals surface area contributed by atoms with Gasteiger partial charge in [-0.05, 0) is 24.3 Å². The number of nitrogens with one attached hydrogen (secondary N) is 1. The Balaban J connectivity index is 2.01. The Bertz CT molecular complexity index is 459. The molecule has 0 saturated carbocycles. The van der Waals surface area contributed by atoms with Crippen LogP contribution in [0.3, 0.4) is 0 Å². The minimum atomic E-state index is 0.431. The SMILES string of the molecule is CC(C)CNc1nccn1C(C)Cc1cccs1. The molecule has 0 aliphatic carbocycles. The summed E-state index contributed by atoms with van der Waals surface area (Å²) in [4.78, 5) is 5.82. The maximum atomic E-state index is 4.39. The van der Waals surface area contributed by atoms with Crippen molar-refractivity contribution >= 4 is 17.3 Å². The highest BCUT2D eigenvalue weighted by atomic mass is 32.1. The molecule has 0 amide bonds. The third kappa shape index (κ3) is 3.35. The normalized spacial score (nSPS) is 12.9. The Morgan fingerprint density at radius 1 is 1.39 bits per heavy atom. The summed E-state index contributed by atoms with van der Waals surface area (Å²) >= 11 is 1.82. The molecule has 0 radical (unpaired) electrons. The molecule has 0 fully saturated rings. The molecule has 0 bridgehead atoms. The quantitative estimate of drug-likeness (QED) is 0.858. The summed E-state index contributed by atoms with van der Waals surface area (Å²) in [7, 11) is 0. The van der Waals surface area contributed by atoms with Crippen LogP contribution in [0.15, 0.2) is 29.9 Å². The number of anilines is 1. The molecule has 1 atom stereocenters. The van der Waals surface area contributed by atoms with Gasteiger partial charge in [-0.15, -0.1) is 11.3 Å². The Hall–Kier alpha value is -1.29. The van der Waals surface area contributed by atoms with Crippen LogP contribution >= 0.6 is 11.3 Å². The Morgan fingerprint density at radius 3 is 2.89 bits per heavy atom. The third-order valence-electron chi connectivity index (χ3n) is 2.89. The zero-order valence-corrected chi connectivity index (χ0v) is 12.1. The Kier molecular flexibility index (Phi) is 4.42. The molecule has 2 aromatic rings. The van der Waals surface area contributed by atoms with Crippen LogP contribution < -0.4 is 5.32 Å². The highest BCUT2D eigenvalue weighted by molar-refractivity contribution is 7.09. The third-order valence-corrected chi connectivity index (χ3v) is 3.79. The van der Waals surface area contributed by atoms with E-state index in [1.165, 1.54) is 4.88 Å². The second-order valence-corrected chi connectivity index (χ2v) is 6.10. The maximum Gasteiger partial charge on any atom is 0.203 e. The van der Waals surface area contributed by atoms with E-state index in [1.54, 1.807) is 0 Å². The average molecular weight is 263 g/mol. The fourth-order valence-electron chi connectivity index (χ4n) is 1.92. The number of hydrogen-bond donors (Lipinski definition) is 1. The van der Waals surface area contributed by atoms with Crippen molar-refractivity contribution in [2.45, 2.75) is 33.2 Å². The van der Waals surface area contributed by atoms with E-state index in [4.69, 9.17) is 0 Å². The van der Waals surface area contributed by atoms with Crippen LogP contribution in [0.2, 0.25) is 0 Å². The zero-order valence-electron chi connectivity index (χ0n) is 11.3. The predicted molar refractivity (Wildman–Crippen MR) is 78.3 cm³/mol. The van der Waals surface area contributed by atoms with Gasteiger partial charge in [0.2, 0.25) is 5.95 Å². The highest BCUT2D eigenvalue weighted by Crippen LogP contribution is 2.21. The van der Waals surface area contributed by atoms with E-state index in [-0.39, 0.29) is 0 Å². The first-order chi connectivity index (χ1) is 8.66. The van der Waals surface area contributed by atoms with E-state index in [2.05, 4.69) is 59.3 Å². The monoisotopic (exact) mass is 263 g/mol. The van der Waals surface area contributed by atoms with E-state index in [0.717, 1.165) is 18.9 Å². The van der Waals surface area contributed by atoms with Crippen molar-refractivity contribution in [3.63, 3.8) is 0 Å². The van der Waals surface area contributed by atoms with Crippen LogP contribution in [0.5, 0.6) is 0 Å². The molecule has 3 nitrogen and oxygen atoms in total. The average Bonchev–Trinajstić information content (AvgIpc) is 2.96. The molecular formula is C14H21N3S. The number of thiophene rings is 1. The van der Waals surface area contributed by atoms with E-state index in [1.807, 2.05) is 17.5 Å². The number of hydrogen-bond acceptors (Lipinski definition) is 3. The van der Waals surface area contributed by atoms with E-state index < -0.39 is 0 Å². The van der Waals surface area contributed by atoms with Crippen LogP contribution in [0.1, 0.15) is 31.7 Å². The summed E-state index contributed by atoms with van der Waals surface area (Å²) in [6.07, 6.45) is 4.99. The van der Waals surface area contributed by atoms with Crippen LogP contribution in [0.25, 0.3) is 0 Å². The molecular weight excluding hydrogens is 242 g/mol. The molecule has 1 unspecified atom stereocenters. The lowest BCUT2D eigenvalue weighted by molar-refractivity contribution is 0.549. The summed E-state index contributed by atoms with van der Waals surface area (Å²) < 4.78 is 2.22. The molecule has 1 N–H and O–H groups in total. The van der Waals surface area contributed by atoms with E-state index >= 15 is 0 Å². The van der Waals surface area contributed by atoms with Gasteiger partial charge in [-0.1, -0.05) is 19.9 Å². The number of aromatic nitrogens is 2. The summed E-state index contributed by atoms with van der Waals surface area (Å²) in [5.74, 6) is 1.61. The minimum absolute atomic E-state index is 0.431. The van der Waals surface area contributed by atoms with Crippen molar-refractivity contribution in [1.29, 1.82) is 0 Å². The number of imidazole rings is 1. The summed E-state index contributed by atoms with van der Waals surface area (Å²) in [6.45, 7) is 7.61. The van der Waals surface area contributed by atoms with Gasteiger partial charge >= 0.3 is 0 Å². The summed E-state index contributed by atoms with van der Waals surface area (Å²) in [5.41, 5.74) is 0. The minimum Gasteiger partial charge on any atom is -0.355 e. The van der Waals surface area contributed by atoms with Crippen molar-refractivity contribution < 1.29 is 0 Å². The fraction of sp³-hybridized carbons (Fsp3) is 0.500. The maximum absolute atomic E-state index is 4.39. The number of rotatable bonds is 6. The van der Waals surface area contributed by atoms with Gasteiger partial charge in [0.05, 0.1) is 0 Å². The van der Waals surface area contributed by atoms with Gasteiger partial charge in [-0.25, -0.2) is 4.98 Å². The van der Waals surface area contributed by atoms with E-state index in [9.17, 15) is 0 Å². The molecule has 4 heteroatoms. The Morgan fingerprint density at radius 2 is 2.22 bits per heavy atom. The molecule has 2 heterocycles. The first-order valence-corrected chi connectivity index (χ1v) is 7.34. The standard InChI is InChI=1S/C14H21N3S/c1-11(2)10-16-14-15-6-7-17(14)12(3)9-13-5-4-8-18-13/h4-8,11-12H,9-10H2,1-3H3,(H,15,16). The zero-order chi connectivity index (χ0) is 13.0. The predicted octanol–water partition coefficient (Wildman–Crippen LogP) is 3.82. The van der Waals surface area contributed by atoms with Crippen molar-refractivity contribution in [3.05, 3.63) is 34.8 Å². The van der Waals surface area contributed by atoms with Gasteiger partial charge in [0.25, 0.3) is 0 Å². The van der Waals surface area contributed by atoms with Crippen molar-refractivity contribution in [1.82, 2.24) is 9.55 Å². The van der Waals surface area contributed by atoms with Gasteiger partial charge < -0.3 is 9.88 Å². The highest BCUT2D eigenvalue weighted by Gasteiger charge is 2.11. The molecule has 0 spiro atoms. The summed E-state index contributed by atoms with van der Waals surface area (Å²) in [6, 6.07) is 4.73. The second-order valence-electron chi connectivity index (χ2n) is 5.07. The van der Waals surface area contributed by atoms with Gasteiger partial charge in [0.15, 0.2) is 0 Å². The molecule has 0 aliphatic heterocycles. The van der Waals surface area contributed by atoms with Crippen molar-refractivity contribution in [2.24, 2.45) is 5.92 Å². The molecule has 0 aliphatic rings. The van der Waals surface area contributed by atoms with E-state index in [0.29, 0.717) is 12.0 Å². The fourth-order valence-corrected chi connectivity index (χ4v) is 2.75. The van der Waals surface area contributed by atoms with Gasteiger partial charge in [-0.2, -0.15) is 0 Å². The van der Waals surface area contributed by atoms with Crippen LogP contribution in [-0.2, 0) is 6.42 Å². The lowest BCUT2D eigenvalue weighted by Crippen LogP contribution is -2.15. The molecule has 0 saturated heterocycles. The van der Waals surface area contributed by atoms with Crippen LogP contribution in [-0.4, -0.2) is 16.1 Å². The molecule has 18 heavy (non-hydrogen) atoms. The topological polar surface area (TPSA) is 29.9 Å². The lowest BCUT2D eigenvalue weighted by Gasteiger charge is -2.17. The smallest absolute Gasteiger partial charge is 0.203 e. The molecule has 0 aromatic carbocycles. The van der Waals surface area contributed by atoms with Crippen LogP contribution in [0, 0.1) is 5.92 Å². The Labute approximate surface area is 113 Å². The molecule has 2 aromatic heterocycles. The van der Waals surface area contributed by atoms with Crippen LogP contribution in [0.4, 0.5) is 5.95 Å². The largest absolute Gasteiger partial charge is 0.355 e. The second kappa shape index (κ2) is 6.05. The lowest BCUT2D eigenvalue weighted by atomic mass is 10.2. The molecule has 98 valence electrons. The first kappa shape index (κ1) is 13.1. The number of nitrogens with zero attached hydrogens (tertiary/aromatic N) is 2. The molecule has 2 rings (SSSR count). The first-order valence-electron chi connectivity index (χ1n) is 6.46. The van der Waals surface area contributed by atoms with Crippen molar-refractivity contribution in [3.8, 4) is 0 Å².